The van der Waals surface area contributed by atoms with E-state index in [0.717, 1.165) is 34.6 Å². The largest absolute Gasteiger partial charge is 0.493 e. The van der Waals surface area contributed by atoms with Crippen LogP contribution in [-0.2, 0) is 0 Å². The monoisotopic (exact) mass is 436 g/mol. The Kier molecular flexibility index (Phi) is 4.68. The van der Waals surface area contributed by atoms with Crippen molar-refractivity contribution < 1.29 is 14.2 Å². The molecule has 0 fully saturated rings. The fourth-order valence-corrected chi connectivity index (χ4v) is 4.89. The molecular formula is C28H24N2O3. The minimum Gasteiger partial charge on any atom is -0.493 e. The fraction of sp³-hybridized carbons (Fsp3) is 0.179. The molecule has 2 heterocycles. The van der Waals surface area contributed by atoms with Crippen LogP contribution < -0.4 is 14.2 Å². The Labute approximate surface area is 192 Å². The maximum absolute atomic E-state index is 6.51. The van der Waals surface area contributed by atoms with Gasteiger partial charge in [-0.25, -0.2) is 5.01 Å². The summed E-state index contributed by atoms with van der Waals surface area (Å²) in [6, 6.07) is 29.1. The Morgan fingerprint density at radius 1 is 0.818 bits per heavy atom. The number of ether oxygens (including phenoxy) is 3. The van der Waals surface area contributed by atoms with Crippen molar-refractivity contribution >= 4 is 16.5 Å². The maximum atomic E-state index is 6.51. The van der Waals surface area contributed by atoms with Crippen LogP contribution in [0.25, 0.3) is 10.8 Å². The van der Waals surface area contributed by atoms with E-state index in [2.05, 4.69) is 59.6 Å². The summed E-state index contributed by atoms with van der Waals surface area (Å²) in [7, 11) is 3.30. The predicted molar refractivity (Wildman–Crippen MR) is 129 cm³/mol. The molecule has 33 heavy (non-hydrogen) atoms. The highest BCUT2D eigenvalue weighted by atomic mass is 16.5. The molecule has 6 rings (SSSR count). The molecule has 164 valence electrons. The van der Waals surface area contributed by atoms with Gasteiger partial charge in [-0.05, 0) is 40.6 Å². The topological polar surface area (TPSA) is 43.3 Å². The first-order valence-corrected chi connectivity index (χ1v) is 11.1. The summed E-state index contributed by atoms with van der Waals surface area (Å²) in [6.07, 6.45) is 0.384. The van der Waals surface area contributed by atoms with E-state index in [1.165, 1.54) is 10.8 Å². The van der Waals surface area contributed by atoms with E-state index in [-0.39, 0.29) is 6.04 Å². The van der Waals surface area contributed by atoms with Crippen LogP contribution in [-0.4, -0.2) is 24.9 Å². The zero-order valence-electron chi connectivity index (χ0n) is 18.6. The lowest BCUT2D eigenvalue weighted by molar-refractivity contribution is -0.0205. The summed E-state index contributed by atoms with van der Waals surface area (Å²) in [5.74, 6) is 2.22. The third-order valence-electron chi connectivity index (χ3n) is 6.48. The number of rotatable bonds is 4. The van der Waals surface area contributed by atoms with Crippen LogP contribution in [0, 0.1) is 0 Å². The molecule has 0 spiro atoms. The molecule has 0 aliphatic carbocycles. The highest BCUT2D eigenvalue weighted by molar-refractivity contribution is 6.04. The second-order valence-electron chi connectivity index (χ2n) is 8.30. The van der Waals surface area contributed by atoms with Gasteiger partial charge in [-0.15, -0.1) is 0 Å². The van der Waals surface area contributed by atoms with Gasteiger partial charge in [-0.1, -0.05) is 60.7 Å². The second-order valence-corrected chi connectivity index (χ2v) is 8.30. The molecule has 0 aromatic heterocycles. The quantitative estimate of drug-likeness (QED) is 0.388. The first kappa shape index (κ1) is 19.7. The Bertz CT molecular complexity index is 1380. The maximum Gasteiger partial charge on any atom is 0.217 e. The van der Waals surface area contributed by atoms with Crippen molar-refractivity contribution in [3.8, 4) is 17.2 Å². The summed E-state index contributed by atoms with van der Waals surface area (Å²) in [5.41, 5.74) is 4.23. The Balaban J connectivity index is 1.47. The molecule has 2 atom stereocenters. The molecule has 5 heteroatoms. The van der Waals surface area contributed by atoms with Crippen molar-refractivity contribution in [1.29, 1.82) is 0 Å². The van der Waals surface area contributed by atoms with Gasteiger partial charge in [0, 0.05) is 12.0 Å². The van der Waals surface area contributed by atoms with Crippen LogP contribution in [0.5, 0.6) is 17.2 Å². The second kappa shape index (κ2) is 7.85. The number of fused-ring (bicyclic) bond motifs is 4. The average Bonchev–Trinajstić information content (AvgIpc) is 3.33. The summed E-state index contributed by atoms with van der Waals surface area (Å²) in [4.78, 5) is 0. The Hall–Kier alpha value is -3.99. The van der Waals surface area contributed by atoms with E-state index in [1.54, 1.807) is 14.2 Å². The van der Waals surface area contributed by atoms with Gasteiger partial charge >= 0.3 is 0 Å². The normalized spacial score (nSPS) is 18.8. The van der Waals surface area contributed by atoms with Crippen LogP contribution in [0.1, 0.15) is 35.4 Å². The number of methoxy groups -OCH3 is 2. The summed E-state index contributed by atoms with van der Waals surface area (Å²) < 4.78 is 17.8. The van der Waals surface area contributed by atoms with Crippen LogP contribution >= 0.6 is 0 Å². The molecule has 4 aromatic rings. The Morgan fingerprint density at radius 3 is 2.45 bits per heavy atom. The lowest BCUT2D eigenvalue weighted by atomic mass is 9.95. The lowest BCUT2D eigenvalue weighted by Gasteiger charge is -2.38. The summed E-state index contributed by atoms with van der Waals surface area (Å²) in [5, 5.41) is 9.62. The molecule has 5 nitrogen and oxygen atoms in total. The molecule has 0 radical (unpaired) electrons. The summed E-state index contributed by atoms with van der Waals surface area (Å²) in [6.45, 7) is 0. The molecule has 2 aliphatic heterocycles. The van der Waals surface area contributed by atoms with E-state index in [9.17, 15) is 0 Å². The fourth-order valence-electron chi connectivity index (χ4n) is 4.89. The SMILES string of the molecule is COc1cccc([C@@H]2Oc3ccccc3[C@@H]3CC(c4ccc5ccccc5c4)=NN32)c1OC. The standard InChI is InChI=1S/C28H24N2O3/c1-31-26-13-7-11-22(27(26)32-2)28-30-24(21-10-5-6-12-25(21)33-28)17-23(29-30)20-15-14-18-8-3-4-9-19(18)16-20/h3-16,24,28H,17H2,1-2H3/t24-,28-/m0/s1. The van der Waals surface area contributed by atoms with Crippen LogP contribution in [0.4, 0.5) is 0 Å². The minimum atomic E-state index is -0.423. The number of hydrogen-bond acceptors (Lipinski definition) is 5. The van der Waals surface area contributed by atoms with Crippen molar-refractivity contribution in [2.24, 2.45) is 5.10 Å². The summed E-state index contributed by atoms with van der Waals surface area (Å²) >= 11 is 0. The van der Waals surface area contributed by atoms with Gasteiger partial charge in [-0.3, -0.25) is 0 Å². The molecule has 2 aliphatic rings. The smallest absolute Gasteiger partial charge is 0.217 e. The number of benzene rings is 4. The van der Waals surface area contributed by atoms with Gasteiger partial charge in [0.1, 0.15) is 5.75 Å². The number of nitrogens with zero attached hydrogens (tertiary/aromatic N) is 2. The zero-order valence-corrected chi connectivity index (χ0v) is 18.6. The number of hydrogen-bond donors (Lipinski definition) is 0. The first-order chi connectivity index (χ1) is 16.3. The third kappa shape index (κ3) is 3.20. The lowest BCUT2D eigenvalue weighted by Crippen LogP contribution is -2.34. The molecule has 0 N–H and O–H groups in total. The molecule has 0 saturated heterocycles. The van der Waals surface area contributed by atoms with Gasteiger partial charge < -0.3 is 14.2 Å². The van der Waals surface area contributed by atoms with Crippen LogP contribution in [0.3, 0.4) is 0 Å². The van der Waals surface area contributed by atoms with E-state index in [0.29, 0.717) is 11.5 Å². The molecular weight excluding hydrogens is 412 g/mol. The van der Waals surface area contributed by atoms with Gasteiger partial charge in [0.25, 0.3) is 0 Å². The molecule has 0 saturated carbocycles. The van der Waals surface area contributed by atoms with Gasteiger partial charge in [0.05, 0.1) is 31.5 Å². The van der Waals surface area contributed by atoms with Crippen molar-refractivity contribution in [3.05, 3.63) is 102 Å². The third-order valence-corrected chi connectivity index (χ3v) is 6.48. The van der Waals surface area contributed by atoms with E-state index in [4.69, 9.17) is 19.3 Å². The zero-order chi connectivity index (χ0) is 22.4. The molecule has 0 unspecified atom stereocenters. The van der Waals surface area contributed by atoms with Gasteiger partial charge in [-0.2, -0.15) is 5.10 Å². The van der Waals surface area contributed by atoms with Gasteiger partial charge in [0.15, 0.2) is 11.5 Å². The molecule has 4 aromatic carbocycles. The highest BCUT2D eigenvalue weighted by Crippen LogP contribution is 2.50. The highest BCUT2D eigenvalue weighted by Gasteiger charge is 2.42. The van der Waals surface area contributed by atoms with Crippen molar-refractivity contribution in [2.75, 3.05) is 14.2 Å². The molecule has 0 amide bonds. The molecule has 0 bridgehead atoms. The van der Waals surface area contributed by atoms with Crippen LogP contribution in [0.2, 0.25) is 0 Å². The first-order valence-electron chi connectivity index (χ1n) is 11.1. The van der Waals surface area contributed by atoms with E-state index >= 15 is 0 Å². The van der Waals surface area contributed by atoms with Crippen molar-refractivity contribution in [2.45, 2.75) is 18.7 Å². The van der Waals surface area contributed by atoms with Crippen molar-refractivity contribution in [3.63, 3.8) is 0 Å². The van der Waals surface area contributed by atoms with Crippen molar-refractivity contribution in [1.82, 2.24) is 5.01 Å². The average molecular weight is 437 g/mol. The van der Waals surface area contributed by atoms with E-state index in [1.807, 2.05) is 30.3 Å². The number of para-hydroxylation sites is 2. The van der Waals surface area contributed by atoms with E-state index < -0.39 is 6.23 Å². The predicted octanol–water partition coefficient (Wildman–Crippen LogP) is 6.10. The number of hydrazone groups is 1. The minimum absolute atomic E-state index is 0.0809. The Morgan fingerprint density at radius 2 is 1.61 bits per heavy atom. The van der Waals surface area contributed by atoms with Gasteiger partial charge in [0.2, 0.25) is 6.23 Å². The van der Waals surface area contributed by atoms with Crippen LogP contribution in [0.15, 0.2) is 90.0 Å².